The van der Waals surface area contributed by atoms with Crippen molar-refractivity contribution in [1.29, 1.82) is 0 Å². The molecule has 2 aliphatic rings. The molecular weight excluding hydrogens is 462 g/mol. The highest BCUT2D eigenvalue weighted by Crippen LogP contribution is 2.52. The monoisotopic (exact) mass is 483 g/mol. The average molecular weight is 484 g/mol. The zero-order valence-corrected chi connectivity index (χ0v) is 19.4. The lowest BCUT2D eigenvalue weighted by atomic mass is 9.98. The van der Waals surface area contributed by atoms with E-state index in [4.69, 9.17) is 18.6 Å². The topological polar surface area (TPSA) is 61.1 Å². The van der Waals surface area contributed by atoms with Crippen molar-refractivity contribution in [3.8, 4) is 17.2 Å². The van der Waals surface area contributed by atoms with Crippen LogP contribution in [0.1, 0.15) is 27.8 Å². The van der Waals surface area contributed by atoms with Crippen molar-refractivity contribution in [2.45, 2.75) is 20.3 Å². The van der Waals surface area contributed by atoms with E-state index in [0.717, 1.165) is 56.3 Å². The van der Waals surface area contributed by atoms with Gasteiger partial charge in [0.2, 0.25) is 12.5 Å². The highest BCUT2D eigenvalue weighted by molar-refractivity contribution is 9.10. The van der Waals surface area contributed by atoms with Gasteiger partial charge in [-0.15, -0.1) is 0 Å². The van der Waals surface area contributed by atoms with Crippen molar-refractivity contribution >= 4 is 38.7 Å². The quantitative estimate of drug-likeness (QED) is 0.483. The number of methoxy groups -OCH3 is 1. The van der Waals surface area contributed by atoms with Gasteiger partial charge < -0.3 is 23.5 Å². The Bertz CT molecular complexity index is 1320. The summed E-state index contributed by atoms with van der Waals surface area (Å²) < 4.78 is 23.6. The summed E-state index contributed by atoms with van der Waals surface area (Å²) in [6, 6.07) is 5.64. The second-order valence-corrected chi connectivity index (χ2v) is 8.66. The van der Waals surface area contributed by atoms with Gasteiger partial charge in [0.15, 0.2) is 11.5 Å². The fourth-order valence-electron chi connectivity index (χ4n) is 4.33. The van der Waals surface area contributed by atoms with Crippen LogP contribution in [0.15, 0.2) is 31.9 Å². The van der Waals surface area contributed by atoms with Crippen LogP contribution in [0.25, 0.3) is 22.7 Å². The van der Waals surface area contributed by atoms with E-state index in [1.165, 1.54) is 0 Å². The van der Waals surface area contributed by atoms with Gasteiger partial charge in [-0.1, -0.05) is 12.1 Å². The Kier molecular flexibility index (Phi) is 4.73. The fourth-order valence-corrected chi connectivity index (χ4v) is 5.03. The molecule has 7 heteroatoms. The van der Waals surface area contributed by atoms with Crippen LogP contribution in [-0.2, 0) is 6.42 Å². The molecule has 0 saturated heterocycles. The molecule has 3 aromatic rings. The van der Waals surface area contributed by atoms with Crippen molar-refractivity contribution < 1.29 is 18.6 Å². The van der Waals surface area contributed by atoms with Gasteiger partial charge in [-0.3, -0.25) is 0 Å². The molecule has 6 nitrogen and oxygen atoms in total. The summed E-state index contributed by atoms with van der Waals surface area (Å²) in [6.07, 6.45) is 2.84. The molecule has 0 amide bonds. The Morgan fingerprint density at radius 3 is 2.71 bits per heavy atom. The summed E-state index contributed by atoms with van der Waals surface area (Å²) in [5.41, 5.74) is 6.07. The number of hydrogen-bond acceptors (Lipinski definition) is 6. The lowest BCUT2D eigenvalue weighted by Gasteiger charge is -2.22. The zero-order chi connectivity index (χ0) is 21.9. The van der Waals surface area contributed by atoms with Gasteiger partial charge in [-0.2, -0.15) is 0 Å². The SMILES string of the molecule is COc1c2c(c(Br)c3c1OCO3)CCN(C)C(c1cc(=O)oc3c(C)c(C)ccc13)=C2. The summed E-state index contributed by atoms with van der Waals surface area (Å²) in [4.78, 5) is 14.7. The normalized spacial score (nSPS) is 15.0. The van der Waals surface area contributed by atoms with Crippen molar-refractivity contribution in [1.82, 2.24) is 4.90 Å². The van der Waals surface area contributed by atoms with E-state index in [9.17, 15) is 4.79 Å². The third-order valence-corrected chi connectivity index (χ3v) is 6.99. The number of likely N-dealkylation sites (N-methyl/N-ethyl adjacent to an activating group) is 1. The van der Waals surface area contributed by atoms with E-state index in [0.29, 0.717) is 22.8 Å². The molecule has 0 N–H and O–H groups in total. The minimum atomic E-state index is -0.367. The fraction of sp³-hybridized carbons (Fsp3) is 0.292. The molecule has 0 spiro atoms. The lowest BCUT2D eigenvalue weighted by Crippen LogP contribution is -2.19. The second kappa shape index (κ2) is 7.34. The van der Waals surface area contributed by atoms with Gasteiger partial charge in [-0.05, 0) is 59.0 Å². The van der Waals surface area contributed by atoms with Crippen LogP contribution >= 0.6 is 15.9 Å². The van der Waals surface area contributed by atoms with Crippen molar-refractivity contribution in [2.75, 3.05) is 27.5 Å². The first-order chi connectivity index (χ1) is 14.9. The molecule has 2 aliphatic heterocycles. The minimum absolute atomic E-state index is 0.159. The molecular formula is C24H22BrNO5. The van der Waals surface area contributed by atoms with E-state index in [2.05, 4.69) is 33.0 Å². The standard InChI is InChI=1S/C24H22BrNO5/c1-12-5-6-15-16(10-19(27)31-21(15)13(12)2)18-9-17-14(7-8-26(18)3)20(25)23-24(22(17)28-4)30-11-29-23/h5-6,9-10H,7-8,11H2,1-4H3. The largest absolute Gasteiger partial charge is 0.492 e. The molecule has 0 fully saturated rings. The predicted octanol–water partition coefficient (Wildman–Crippen LogP) is 4.90. The number of ether oxygens (including phenoxy) is 3. The first-order valence-electron chi connectivity index (χ1n) is 10.1. The highest BCUT2D eigenvalue weighted by atomic mass is 79.9. The number of aryl methyl sites for hydroxylation is 2. The van der Waals surface area contributed by atoms with Crippen molar-refractivity contribution in [3.63, 3.8) is 0 Å². The predicted molar refractivity (Wildman–Crippen MR) is 123 cm³/mol. The Morgan fingerprint density at radius 1 is 1.16 bits per heavy atom. The van der Waals surface area contributed by atoms with E-state index >= 15 is 0 Å². The maximum atomic E-state index is 12.5. The molecule has 3 heterocycles. The molecule has 0 bridgehead atoms. The molecule has 160 valence electrons. The average Bonchev–Trinajstić information content (AvgIpc) is 3.17. The van der Waals surface area contributed by atoms with Crippen LogP contribution < -0.4 is 19.8 Å². The Balaban J connectivity index is 1.83. The number of benzene rings is 2. The van der Waals surface area contributed by atoms with Gasteiger partial charge in [0.1, 0.15) is 5.58 Å². The van der Waals surface area contributed by atoms with Crippen LogP contribution in [0, 0.1) is 13.8 Å². The summed E-state index contributed by atoms with van der Waals surface area (Å²) in [5, 5.41) is 0.906. The molecule has 0 aliphatic carbocycles. The molecule has 31 heavy (non-hydrogen) atoms. The Hall–Kier alpha value is -2.93. The molecule has 1 aromatic heterocycles. The number of rotatable bonds is 2. The minimum Gasteiger partial charge on any atom is -0.492 e. The summed E-state index contributed by atoms with van der Waals surface area (Å²) in [7, 11) is 3.66. The Morgan fingerprint density at radius 2 is 1.94 bits per heavy atom. The smallest absolute Gasteiger partial charge is 0.336 e. The third-order valence-electron chi connectivity index (χ3n) is 6.15. The van der Waals surface area contributed by atoms with E-state index < -0.39 is 0 Å². The van der Waals surface area contributed by atoms with E-state index in [1.54, 1.807) is 13.2 Å². The van der Waals surface area contributed by atoms with Crippen molar-refractivity contribution in [2.24, 2.45) is 0 Å². The summed E-state index contributed by atoms with van der Waals surface area (Å²) in [5.74, 6) is 1.90. The number of halogens is 1. The molecule has 0 radical (unpaired) electrons. The van der Waals surface area contributed by atoms with Crippen LogP contribution in [0.2, 0.25) is 0 Å². The molecule has 0 unspecified atom stereocenters. The van der Waals surface area contributed by atoms with Crippen LogP contribution in [0.5, 0.6) is 17.2 Å². The highest BCUT2D eigenvalue weighted by Gasteiger charge is 2.31. The maximum Gasteiger partial charge on any atom is 0.336 e. The van der Waals surface area contributed by atoms with Gasteiger partial charge >= 0.3 is 5.63 Å². The molecule has 0 atom stereocenters. The van der Waals surface area contributed by atoms with Gasteiger partial charge in [0.05, 0.1) is 11.6 Å². The zero-order valence-electron chi connectivity index (χ0n) is 17.8. The molecule has 5 rings (SSSR count). The number of fused-ring (bicyclic) bond motifs is 3. The number of nitrogens with zero attached hydrogens (tertiary/aromatic N) is 1. The van der Waals surface area contributed by atoms with Crippen molar-refractivity contribution in [3.05, 3.63) is 60.9 Å². The Labute approximate surface area is 188 Å². The lowest BCUT2D eigenvalue weighted by molar-refractivity contribution is 0.170. The maximum absolute atomic E-state index is 12.5. The second-order valence-electron chi connectivity index (χ2n) is 7.87. The number of hydrogen-bond donors (Lipinski definition) is 0. The van der Waals surface area contributed by atoms with Crippen LogP contribution in [0.3, 0.4) is 0 Å². The van der Waals surface area contributed by atoms with E-state index in [-0.39, 0.29) is 12.4 Å². The first kappa shape index (κ1) is 20.0. The van der Waals surface area contributed by atoms with Crippen LogP contribution in [0.4, 0.5) is 0 Å². The van der Waals surface area contributed by atoms with Crippen LogP contribution in [-0.4, -0.2) is 32.4 Å². The molecule has 0 saturated carbocycles. The molecule has 2 aromatic carbocycles. The van der Waals surface area contributed by atoms with Gasteiger partial charge in [0.25, 0.3) is 0 Å². The summed E-state index contributed by atoms with van der Waals surface area (Å²) in [6.45, 7) is 4.91. The first-order valence-corrected chi connectivity index (χ1v) is 10.8. The van der Waals surface area contributed by atoms with E-state index in [1.807, 2.05) is 27.0 Å². The van der Waals surface area contributed by atoms with Gasteiger partial charge in [-0.25, -0.2) is 4.79 Å². The summed E-state index contributed by atoms with van der Waals surface area (Å²) >= 11 is 3.71. The third kappa shape index (κ3) is 3.02. The van der Waals surface area contributed by atoms with Gasteiger partial charge in [0, 0.05) is 41.9 Å².